The lowest BCUT2D eigenvalue weighted by molar-refractivity contribution is -0.143. The largest absolute Gasteiger partial charge is 0.434 e. The van der Waals surface area contributed by atoms with E-state index in [-0.39, 0.29) is 42.7 Å². The molecule has 0 unspecified atom stereocenters. The molecule has 2 aliphatic rings. The van der Waals surface area contributed by atoms with E-state index in [9.17, 15) is 13.2 Å². The standard InChI is InChI=1S/C21H18F2N6O6S/c1-24-36(31,32)28-19-18(23)12(4-6-25-19)9-29-20(30)35-15-8-16(34-17-3-2-5-26-27-17)14(22)7-13(15)21(29)10-33-11-21/h2-8,24H,9-11H2,1H3,(H,25,28). The molecule has 2 N–H and O–H groups in total. The van der Waals surface area contributed by atoms with Crippen molar-refractivity contribution in [3.63, 3.8) is 0 Å². The van der Waals surface area contributed by atoms with Crippen LogP contribution in [-0.2, 0) is 27.0 Å². The first kappa shape index (κ1) is 23.8. The maximum atomic E-state index is 15.1. The zero-order chi connectivity index (χ0) is 25.5. The number of fused-ring (bicyclic) bond motifs is 2. The fourth-order valence-corrected chi connectivity index (χ4v) is 4.33. The van der Waals surface area contributed by atoms with E-state index >= 15 is 8.78 Å². The Kier molecular flexibility index (Phi) is 5.89. The minimum absolute atomic E-state index is 0.00481. The van der Waals surface area contributed by atoms with Crippen molar-refractivity contribution in [2.75, 3.05) is 25.0 Å². The van der Waals surface area contributed by atoms with Crippen LogP contribution in [0.3, 0.4) is 0 Å². The lowest BCUT2D eigenvalue weighted by Gasteiger charge is -2.51. The van der Waals surface area contributed by atoms with Crippen molar-refractivity contribution in [2.45, 2.75) is 12.1 Å². The molecular formula is C21H18F2N6O6S. The monoisotopic (exact) mass is 520 g/mol. The van der Waals surface area contributed by atoms with Crippen molar-refractivity contribution in [3.05, 3.63) is 65.5 Å². The van der Waals surface area contributed by atoms with E-state index in [1.54, 1.807) is 6.07 Å². The Morgan fingerprint density at radius 2 is 2.03 bits per heavy atom. The van der Waals surface area contributed by atoms with Gasteiger partial charge in [0.15, 0.2) is 23.2 Å². The Balaban J connectivity index is 1.48. The zero-order valence-corrected chi connectivity index (χ0v) is 19.4. The van der Waals surface area contributed by atoms with E-state index < -0.39 is 39.3 Å². The molecule has 36 heavy (non-hydrogen) atoms. The number of nitrogens with zero attached hydrogens (tertiary/aromatic N) is 4. The lowest BCUT2D eigenvalue weighted by Crippen LogP contribution is -2.63. The highest BCUT2D eigenvalue weighted by atomic mass is 32.2. The summed E-state index contributed by atoms with van der Waals surface area (Å²) in [6.07, 6.45) is 1.78. The minimum atomic E-state index is -4.03. The zero-order valence-electron chi connectivity index (χ0n) is 18.6. The molecule has 1 fully saturated rings. The normalized spacial score (nSPS) is 16.2. The van der Waals surface area contributed by atoms with Gasteiger partial charge in [0.25, 0.3) is 10.2 Å². The molecule has 12 nitrogen and oxygen atoms in total. The number of amides is 1. The summed E-state index contributed by atoms with van der Waals surface area (Å²) >= 11 is 0. The van der Waals surface area contributed by atoms with Gasteiger partial charge in [0, 0.05) is 42.7 Å². The van der Waals surface area contributed by atoms with Crippen LogP contribution < -0.4 is 18.9 Å². The second-order valence-corrected chi connectivity index (χ2v) is 9.48. The van der Waals surface area contributed by atoms with Gasteiger partial charge in [0.2, 0.25) is 5.88 Å². The summed E-state index contributed by atoms with van der Waals surface area (Å²) in [5.74, 6) is -2.42. The quantitative estimate of drug-likeness (QED) is 0.478. The van der Waals surface area contributed by atoms with E-state index in [0.29, 0.717) is 5.56 Å². The minimum Gasteiger partial charge on any atom is -0.434 e. The molecule has 4 heterocycles. The molecule has 0 aliphatic carbocycles. The Bertz CT molecular complexity index is 1440. The molecule has 0 radical (unpaired) electrons. The molecule has 0 saturated carbocycles. The third kappa shape index (κ3) is 4.16. The molecule has 2 aromatic heterocycles. The molecule has 0 bridgehead atoms. The second-order valence-electron chi connectivity index (χ2n) is 7.86. The summed E-state index contributed by atoms with van der Waals surface area (Å²) in [4.78, 5) is 17.9. The van der Waals surface area contributed by atoms with Crippen LogP contribution in [0.25, 0.3) is 0 Å². The molecule has 1 amide bonds. The van der Waals surface area contributed by atoms with Gasteiger partial charge in [-0.25, -0.2) is 23.3 Å². The molecule has 2 aliphatic heterocycles. The van der Waals surface area contributed by atoms with Gasteiger partial charge in [0.05, 0.1) is 19.8 Å². The summed E-state index contributed by atoms with van der Waals surface area (Å²) in [6.45, 7) is -0.320. The van der Waals surface area contributed by atoms with Gasteiger partial charge in [-0.1, -0.05) is 0 Å². The number of carbonyl (C=O) groups is 1. The number of ether oxygens (including phenoxy) is 3. The third-order valence-electron chi connectivity index (χ3n) is 5.71. The van der Waals surface area contributed by atoms with Crippen molar-refractivity contribution < 1.29 is 36.2 Å². The molecule has 1 saturated heterocycles. The van der Waals surface area contributed by atoms with Crippen molar-refractivity contribution in [1.82, 2.24) is 24.8 Å². The highest BCUT2D eigenvalue weighted by Crippen LogP contribution is 2.47. The number of benzene rings is 1. The summed E-state index contributed by atoms with van der Waals surface area (Å²) in [5.41, 5.74) is -0.881. The summed E-state index contributed by atoms with van der Waals surface area (Å²) in [5, 5.41) is 7.40. The lowest BCUT2D eigenvalue weighted by atomic mass is 9.84. The smallest absolute Gasteiger partial charge is 0.416 e. The van der Waals surface area contributed by atoms with Crippen LogP contribution in [0.15, 0.2) is 42.7 Å². The Morgan fingerprint density at radius 1 is 1.22 bits per heavy atom. The van der Waals surface area contributed by atoms with Crippen molar-refractivity contribution in [2.24, 2.45) is 0 Å². The van der Waals surface area contributed by atoms with Gasteiger partial charge in [-0.2, -0.15) is 13.5 Å². The Labute approximate surface area is 203 Å². The number of pyridine rings is 1. The summed E-state index contributed by atoms with van der Waals surface area (Å²) < 4.78 is 73.8. The number of nitrogens with one attached hydrogen (secondary N) is 2. The van der Waals surface area contributed by atoms with Crippen molar-refractivity contribution in [3.8, 4) is 17.4 Å². The van der Waals surface area contributed by atoms with Gasteiger partial charge in [0.1, 0.15) is 11.3 Å². The van der Waals surface area contributed by atoms with Gasteiger partial charge >= 0.3 is 6.09 Å². The molecule has 0 atom stereocenters. The van der Waals surface area contributed by atoms with Crippen LogP contribution in [0.1, 0.15) is 11.1 Å². The molecular weight excluding hydrogens is 502 g/mol. The number of carbonyl (C=O) groups excluding carboxylic acids is 1. The fourth-order valence-electron chi connectivity index (χ4n) is 3.83. The highest BCUT2D eigenvalue weighted by molar-refractivity contribution is 7.90. The summed E-state index contributed by atoms with van der Waals surface area (Å²) in [6, 6.07) is 6.73. The number of halogens is 2. The van der Waals surface area contributed by atoms with Crippen molar-refractivity contribution >= 4 is 22.1 Å². The molecule has 3 aromatic rings. The average Bonchev–Trinajstić information content (AvgIpc) is 2.82. The molecule has 1 aromatic carbocycles. The molecule has 188 valence electrons. The summed E-state index contributed by atoms with van der Waals surface area (Å²) in [7, 11) is -2.89. The van der Waals surface area contributed by atoms with Crippen LogP contribution >= 0.6 is 0 Å². The van der Waals surface area contributed by atoms with Gasteiger partial charge in [-0.3, -0.25) is 9.62 Å². The molecule has 5 rings (SSSR count). The third-order valence-corrected chi connectivity index (χ3v) is 6.71. The van der Waals surface area contributed by atoms with E-state index in [4.69, 9.17) is 14.2 Å². The van der Waals surface area contributed by atoms with E-state index in [2.05, 4.69) is 15.2 Å². The van der Waals surface area contributed by atoms with Crippen LogP contribution in [0, 0.1) is 11.6 Å². The number of anilines is 1. The number of rotatable bonds is 7. The maximum absolute atomic E-state index is 15.1. The number of hydrogen-bond donors (Lipinski definition) is 2. The molecule has 1 spiro atoms. The van der Waals surface area contributed by atoms with E-state index in [1.165, 1.54) is 41.6 Å². The van der Waals surface area contributed by atoms with Crippen LogP contribution in [0.4, 0.5) is 19.4 Å². The van der Waals surface area contributed by atoms with Crippen molar-refractivity contribution in [1.29, 1.82) is 0 Å². The average molecular weight is 520 g/mol. The highest BCUT2D eigenvalue weighted by Gasteiger charge is 2.54. The maximum Gasteiger partial charge on any atom is 0.416 e. The van der Waals surface area contributed by atoms with Crippen LogP contribution in [-0.4, -0.2) is 54.9 Å². The van der Waals surface area contributed by atoms with Gasteiger partial charge in [-0.05, 0) is 18.2 Å². The first-order chi connectivity index (χ1) is 17.2. The van der Waals surface area contributed by atoms with Gasteiger partial charge < -0.3 is 14.2 Å². The van der Waals surface area contributed by atoms with Crippen LogP contribution in [0.2, 0.25) is 0 Å². The van der Waals surface area contributed by atoms with E-state index in [1.807, 2.05) is 9.44 Å². The van der Waals surface area contributed by atoms with E-state index in [0.717, 1.165) is 7.05 Å². The number of hydrogen-bond acceptors (Lipinski definition) is 9. The predicted octanol–water partition coefficient (Wildman–Crippen LogP) is 2.06. The number of aromatic nitrogens is 3. The topological polar surface area (TPSA) is 145 Å². The Morgan fingerprint density at radius 3 is 2.69 bits per heavy atom. The first-order valence-electron chi connectivity index (χ1n) is 10.4. The van der Waals surface area contributed by atoms with Gasteiger partial charge in [-0.15, -0.1) is 5.10 Å². The first-order valence-corrected chi connectivity index (χ1v) is 11.9. The molecule has 15 heteroatoms. The predicted molar refractivity (Wildman–Crippen MR) is 118 cm³/mol. The van der Waals surface area contributed by atoms with Crippen LogP contribution in [0.5, 0.6) is 17.4 Å². The fraction of sp³-hybridized carbons (Fsp3) is 0.238. The second kappa shape index (κ2) is 8.92. The Hall–Kier alpha value is -3.95. The SMILES string of the molecule is CNS(=O)(=O)Nc1nccc(CN2C(=O)Oc3cc(Oc4cccnn4)c(F)cc3C23COC3)c1F.